The van der Waals surface area contributed by atoms with Gasteiger partial charge in [0.2, 0.25) is 0 Å². The normalized spacial score (nSPS) is 12.3. The highest BCUT2D eigenvalue weighted by Crippen LogP contribution is 2.30. The number of hydrogen-bond donors (Lipinski definition) is 0. The van der Waals surface area contributed by atoms with Crippen molar-refractivity contribution in [3.05, 3.63) is 57.2 Å². The van der Waals surface area contributed by atoms with E-state index in [9.17, 15) is 0 Å². The second kappa shape index (κ2) is 5.93. The summed E-state index contributed by atoms with van der Waals surface area (Å²) in [7, 11) is 2.03. The fourth-order valence-corrected chi connectivity index (χ4v) is 2.45. The minimum Gasteiger partial charge on any atom is -0.353 e. The van der Waals surface area contributed by atoms with Crippen molar-refractivity contribution in [2.75, 3.05) is 11.9 Å². The molecule has 0 saturated heterocycles. The first kappa shape index (κ1) is 14.4. The van der Waals surface area contributed by atoms with Crippen molar-refractivity contribution in [3.8, 4) is 0 Å². The highest BCUT2D eigenvalue weighted by molar-refractivity contribution is 9.10. The first-order valence-electron chi connectivity index (χ1n) is 6.10. The fraction of sp³-hybridized carbons (Fsp3) is 0.267. The summed E-state index contributed by atoms with van der Waals surface area (Å²) in [4.78, 5) is 6.58. The molecule has 0 spiro atoms. The van der Waals surface area contributed by atoms with E-state index < -0.39 is 0 Å². The van der Waals surface area contributed by atoms with Crippen LogP contribution in [0.4, 0.5) is 5.82 Å². The Bertz CT molecular complexity index is 586. The van der Waals surface area contributed by atoms with Gasteiger partial charge in [0.25, 0.3) is 0 Å². The van der Waals surface area contributed by atoms with Gasteiger partial charge in [-0.1, -0.05) is 29.8 Å². The number of anilines is 1. The van der Waals surface area contributed by atoms with E-state index in [1.165, 1.54) is 5.56 Å². The summed E-state index contributed by atoms with van der Waals surface area (Å²) in [6.45, 7) is 4.18. The van der Waals surface area contributed by atoms with Crippen LogP contribution in [0.2, 0.25) is 5.02 Å². The summed E-state index contributed by atoms with van der Waals surface area (Å²) in [6, 6.07) is 10.2. The Morgan fingerprint density at radius 3 is 2.63 bits per heavy atom. The van der Waals surface area contributed by atoms with Gasteiger partial charge in [0.1, 0.15) is 5.82 Å². The first-order valence-corrected chi connectivity index (χ1v) is 7.27. The van der Waals surface area contributed by atoms with Crippen LogP contribution in [0.1, 0.15) is 24.1 Å². The Hall–Kier alpha value is -1.06. The molecule has 0 aliphatic carbocycles. The van der Waals surface area contributed by atoms with Crippen LogP contribution in [0.25, 0.3) is 0 Å². The molecule has 0 aliphatic heterocycles. The zero-order valence-electron chi connectivity index (χ0n) is 11.2. The van der Waals surface area contributed by atoms with Gasteiger partial charge < -0.3 is 4.90 Å². The molecule has 100 valence electrons. The van der Waals surface area contributed by atoms with E-state index in [2.05, 4.69) is 51.8 Å². The van der Waals surface area contributed by atoms with Crippen LogP contribution in [0.3, 0.4) is 0 Å². The predicted molar refractivity (Wildman–Crippen MR) is 84.9 cm³/mol. The Morgan fingerprint density at radius 2 is 2.00 bits per heavy atom. The third-order valence-electron chi connectivity index (χ3n) is 3.33. The van der Waals surface area contributed by atoms with E-state index in [1.807, 2.05) is 31.4 Å². The number of benzene rings is 1. The van der Waals surface area contributed by atoms with Gasteiger partial charge in [-0.25, -0.2) is 4.98 Å². The van der Waals surface area contributed by atoms with Gasteiger partial charge in [-0.3, -0.25) is 0 Å². The van der Waals surface area contributed by atoms with Crippen molar-refractivity contribution in [2.45, 2.75) is 19.9 Å². The molecule has 0 bridgehead atoms. The molecule has 0 saturated carbocycles. The lowest BCUT2D eigenvalue weighted by Crippen LogP contribution is -2.23. The lowest BCUT2D eigenvalue weighted by Gasteiger charge is -2.27. The van der Waals surface area contributed by atoms with Crippen LogP contribution in [0.15, 0.2) is 41.0 Å². The van der Waals surface area contributed by atoms with Gasteiger partial charge in [-0.05, 0) is 53.0 Å². The number of nitrogens with zero attached hydrogens (tertiary/aromatic N) is 2. The maximum absolute atomic E-state index is 6.25. The molecule has 2 nitrogen and oxygen atoms in total. The average molecular weight is 340 g/mol. The van der Waals surface area contributed by atoms with E-state index in [0.717, 1.165) is 20.9 Å². The van der Waals surface area contributed by atoms with Crippen molar-refractivity contribution in [1.82, 2.24) is 4.98 Å². The van der Waals surface area contributed by atoms with Crippen molar-refractivity contribution in [1.29, 1.82) is 0 Å². The summed E-state index contributed by atoms with van der Waals surface area (Å²) >= 11 is 9.72. The lowest BCUT2D eigenvalue weighted by atomic mass is 10.1. The number of pyridine rings is 1. The van der Waals surface area contributed by atoms with Gasteiger partial charge in [0.05, 0.1) is 6.04 Å². The van der Waals surface area contributed by atoms with Gasteiger partial charge in [0.15, 0.2) is 0 Å². The average Bonchev–Trinajstić information content (AvgIpc) is 2.41. The zero-order chi connectivity index (χ0) is 14.0. The lowest BCUT2D eigenvalue weighted by molar-refractivity contribution is 0.728. The quantitative estimate of drug-likeness (QED) is 0.782. The minimum absolute atomic E-state index is 0.168. The molecule has 2 aromatic rings. The number of halogens is 2. The minimum atomic E-state index is 0.168. The molecule has 19 heavy (non-hydrogen) atoms. The Labute approximate surface area is 127 Å². The smallest absolute Gasteiger partial charge is 0.129 e. The van der Waals surface area contributed by atoms with Gasteiger partial charge in [-0.2, -0.15) is 0 Å². The molecular formula is C15H16BrClN2. The van der Waals surface area contributed by atoms with Crippen molar-refractivity contribution >= 4 is 33.3 Å². The number of aryl methyl sites for hydroxylation is 1. The third kappa shape index (κ3) is 3.10. The topological polar surface area (TPSA) is 16.1 Å². The molecular weight excluding hydrogens is 324 g/mol. The van der Waals surface area contributed by atoms with Crippen molar-refractivity contribution < 1.29 is 0 Å². The highest BCUT2D eigenvalue weighted by atomic mass is 79.9. The zero-order valence-corrected chi connectivity index (χ0v) is 13.5. The van der Waals surface area contributed by atoms with Crippen LogP contribution >= 0.6 is 27.5 Å². The molecule has 1 unspecified atom stereocenters. The van der Waals surface area contributed by atoms with Crippen LogP contribution in [-0.2, 0) is 0 Å². The third-order valence-corrected chi connectivity index (χ3v) is 4.50. The Kier molecular flexibility index (Phi) is 4.48. The standard InChI is InChI=1S/C15H16BrClN2/c1-10-8-15(18-9-13(10)16)19(3)11(2)12-6-4-5-7-14(12)17/h4-9,11H,1-3H3. The summed E-state index contributed by atoms with van der Waals surface area (Å²) in [5.74, 6) is 0.938. The molecule has 0 N–H and O–H groups in total. The molecule has 1 aromatic carbocycles. The molecule has 1 atom stereocenters. The molecule has 0 amide bonds. The molecule has 1 aromatic heterocycles. The molecule has 0 aliphatic rings. The second-order valence-corrected chi connectivity index (χ2v) is 5.86. The van der Waals surface area contributed by atoms with E-state index >= 15 is 0 Å². The summed E-state index contributed by atoms with van der Waals surface area (Å²) in [5, 5.41) is 0.788. The van der Waals surface area contributed by atoms with Crippen LogP contribution in [0.5, 0.6) is 0 Å². The van der Waals surface area contributed by atoms with Crippen molar-refractivity contribution in [3.63, 3.8) is 0 Å². The summed E-state index contributed by atoms with van der Waals surface area (Å²) in [5.41, 5.74) is 2.28. The largest absolute Gasteiger partial charge is 0.353 e. The van der Waals surface area contributed by atoms with E-state index in [0.29, 0.717) is 0 Å². The van der Waals surface area contributed by atoms with E-state index in [1.54, 1.807) is 0 Å². The van der Waals surface area contributed by atoms with Gasteiger partial charge >= 0.3 is 0 Å². The monoisotopic (exact) mass is 338 g/mol. The maximum Gasteiger partial charge on any atom is 0.129 e. The molecule has 0 radical (unpaired) electrons. The van der Waals surface area contributed by atoms with Crippen molar-refractivity contribution in [2.24, 2.45) is 0 Å². The fourth-order valence-electron chi connectivity index (χ4n) is 1.94. The highest BCUT2D eigenvalue weighted by Gasteiger charge is 2.16. The number of rotatable bonds is 3. The molecule has 2 rings (SSSR count). The first-order chi connectivity index (χ1) is 9.00. The SMILES string of the molecule is Cc1cc(N(C)C(C)c2ccccc2Cl)ncc1Br. The van der Waals surface area contributed by atoms with Crippen LogP contribution < -0.4 is 4.90 Å². The van der Waals surface area contributed by atoms with Crippen LogP contribution in [-0.4, -0.2) is 12.0 Å². The van der Waals surface area contributed by atoms with E-state index in [4.69, 9.17) is 11.6 Å². The summed E-state index contributed by atoms with van der Waals surface area (Å²) in [6.07, 6.45) is 1.83. The van der Waals surface area contributed by atoms with Gasteiger partial charge in [-0.15, -0.1) is 0 Å². The molecule has 0 fully saturated rings. The Balaban J connectivity index is 2.31. The number of aromatic nitrogens is 1. The number of hydrogen-bond acceptors (Lipinski definition) is 2. The second-order valence-electron chi connectivity index (χ2n) is 4.60. The van der Waals surface area contributed by atoms with E-state index in [-0.39, 0.29) is 6.04 Å². The van der Waals surface area contributed by atoms with Crippen LogP contribution in [0, 0.1) is 6.92 Å². The molecule has 4 heteroatoms. The maximum atomic E-state index is 6.25. The predicted octanol–water partition coefficient (Wildman–Crippen LogP) is 5.00. The van der Waals surface area contributed by atoms with Gasteiger partial charge in [0, 0.05) is 22.7 Å². The Morgan fingerprint density at radius 1 is 1.32 bits per heavy atom. The summed E-state index contributed by atoms with van der Waals surface area (Å²) < 4.78 is 1.02. The molecule has 1 heterocycles.